The van der Waals surface area contributed by atoms with Crippen molar-refractivity contribution in [1.82, 2.24) is 0 Å². The summed E-state index contributed by atoms with van der Waals surface area (Å²) in [5.41, 5.74) is 3.39. The first-order valence-electron chi connectivity index (χ1n) is 5.06. The SMILES string of the molecule is CCc1ccccc1C(O)C=C(C)C. The van der Waals surface area contributed by atoms with Gasteiger partial charge in [0.1, 0.15) is 0 Å². The number of hydrogen-bond donors (Lipinski definition) is 1. The van der Waals surface area contributed by atoms with Crippen molar-refractivity contribution in [2.75, 3.05) is 0 Å². The number of aryl methyl sites for hydroxylation is 1. The first-order chi connectivity index (χ1) is 6.65. The third-order valence-corrected chi connectivity index (χ3v) is 2.25. The van der Waals surface area contributed by atoms with Gasteiger partial charge in [0.05, 0.1) is 6.10 Å². The summed E-state index contributed by atoms with van der Waals surface area (Å²) in [7, 11) is 0. The highest BCUT2D eigenvalue weighted by molar-refractivity contribution is 5.31. The Morgan fingerprint density at radius 2 is 2.00 bits per heavy atom. The normalized spacial score (nSPS) is 12.3. The van der Waals surface area contributed by atoms with Gasteiger partial charge in [-0.1, -0.05) is 42.8 Å². The molecular weight excluding hydrogens is 172 g/mol. The van der Waals surface area contributed by atoms with Crippen LogP contribution in [0.3, 0.4) is 0 Å². The number of aliphatic hydroxyl groups excluding tert-OH is 1. The average Bonchev–Trinajstić information content (AvgIpc) is 2.16. The Morgan fingerprint density at radius 3 is 2.57 bits per heavy atom. The van der Waals surface area contributed by atoms with Crippen molar-refractivity contribution in [2.45, 2.75) is 33.3 Å². The highest BCUT2D eigenvalue weighted by Gasteiger charge is 2.07. The van der Waals surface area contributed by atoms with Gasteiger partial charge in [-0.15, -0.1) is 0 Å². The van der Waals surface area contributed by atoms with Gasteiger partial charge in [0.25, 0.3) is 0 Å². The minimum Gasteiger partial charge on any atom is -0.384 e. The van der Waals surface area contributed by atoms with Gasteiger partial charge in [0, 0.05) is 0 Å². The van der Waals surface area contributed by atoms with E-state index in [0.29, 0.717) is 0 Å². The average molecular weight is 190 g/mol. The molecular formula is C13H18O. The predicted molar refractivity (Wildman–Crippen MR) is 60.2 cm³/mol. The van der Waals surface area contributed by atoms with Crippen molar-refractivity contribution in [3.63, 3.8) is 0 Å². The van der Waals surface area contributed by atoms with E-state index in [9.17, 15) is 5.11 Å². The van der Waals surface area contributed by atoms with E-state index in [2.05, 4.69) is 13.0 Å². The second-order valence-electron chi connectivity index (χ2n) is 3.74. The molecule has 0 aliphatic carbocycles. The van der Waals surface area contributed by atoms with Crippen molar-refractivity contribution in [1.29, 1.82) is 0 Å². The molecule has 76 valence electrons. The van der Waals surface area contributed by atoms with Crippen molar-refractivity contribution < 1.29 is 5.11 Å². The Kier molecular flexibility index (Phi) is 3.90. The fourth-order valence-corrected chi connectivity index (χ4v) is 1.55. The molecule has 1 aromatic rings. The molecule has 0 aliphatic rings. The summed E-state index contributed by atoms with van der Waals surface area (Å²) in [5, 5.41) is 9.93. The third-order valence-electron chi connectivity index (χ3n) is 2.25. The van der Waals surface area contributed by atoms with Crippen LogP contribution in [-0.4, -0.2) is 5.11 Å². The largest absolute Gasteiger partial charge is 0.384 e. The molecule has 1 rings (SSSR count). The van der Waals surface area contributed by atoms with Gasteiger partial charge in [-0.05, 0) is 31.4 Å². The Balaban J connectivity index is 2.99. The van der Waals surface area contributed by atoms with Crippen LogP contribution in [-0.2, 0) is 6.42 Å². The van der Waals surface area contributed by atoms with Crippen LogP contribution in [0.25, 0.3) is 0 Å². The van der Waals surface area contributed by atoms with Gasteiger partial charge < -0.3 is 5.11 Å². The summed E-state index contributed by atoms with van der Waals surface area (Å²) in [6, 6.07) is 8.04. The summed E-state index contributed by atoms with van der Waals surface area (Å²) in [4.78, 5) is 0. The van der Waals surface area contributed by atoms with Crippen LogP contribution < -0.4 is 0 Å². The first-order valence-corrected chi connectivity index (χ1v) is 5.06. The van der Waals surface area contributed by atoms with Crippen LogP contribution in [0.4, 0.5) is 0 Å². The van der Waals surface area contributed by atoms with E-state index < -0.39 is 6.10 Å². The highest BCUT2D eigenvalue weighted by Crippen LogP contribution is 2.20. The maximum Gasteiger partial charge on any atom is 0.0976 e. The van der Waals surface area contributed by atoms with E-state index in [1.165, 1.54) is 5.56 Å². The van der Waals surface area contributed by atoms with Crippen LogP contribution in [0, 0.1) is 0 Å². The number of allylic oxidation sites excluding steroid dienone is 1. The van der Waals surface area contributed by atoms with Crippen LogP contribution in [0.5, 0.6) is 0 Å². The van der Waals surface area contributed by atoms with Crippen LogP contribution in [0.1, 0.15) is 38.0 Å². The number of hydrogen-bond acceptors (Lipinski definition) is 1. The zero-order chi connectivity index (χ0) is 10.6. The van der Waals surface area contributed by atoms with Crippen molar-refractivity contribution in [3.8, 4) is 0 Å². The van der Waals surface area contributed by atoms with Crippen LogP contribution >= 0.6 is 0 Å². The minimum atomic E-state index is -0.462. The summed E-state index contributed by atoms with van der Waals surface area (Å²) in [5.74, 6) is 0. The topological polar surface area (TPSA) is 20.2 Å². The van der Waals surface area contributed by atoms with Crippen molar-refractivity contribution in [2.24, 2.45) is 0 Å². The highest BCUT2D eigenvalue weighted by atomic mass is 16.3. The molecule has 0 saturated heterocycles. The smallest absolute Gasteiger partial charge is 0.0976 e. The van der Waals surface area contributed by atoms with E-state index in [4.69, 9.17) is 0 Å². The monoisotopic (exact) mass is 190 g/mol. The Hall–Kier alpha value is -1.08. The molecule has 0 radical (unpaired) electrons. The Morgan fingerprint density at radius 1 is 1.36 bits per heavy atom. The van der Waals surface area contributed by atoms with Gasteiger partial charge in [0.2, 0.25) is 0 Å². The molecule has 0 saturated carbocycles. The van der Waals surface area contributed by atoms with E-state index in [1.807, 2.05) is 38.1 Å². The second kappa shape index (κ2) is 4.97. The molecule has 1 heteroatoms. The fourth-order valence-electron chi connectivity index (χ4n) is 1.55. The zero-order valence-corrected chi connectivity index (χ0v) is 9.12. The molecule has 1 unspecified atom stereocenters. The van der Waals surface area contributed by atoms with Crippen LogP contribution in [0.15, 0.2) is 35.9 Å². The molecule has 1 aromatic carbocycles. The maximum atomic E-state index is 9.93. The lowest BCUT2D eigenvalue weighted by molar-refractivity contribution is 0.226. The Labute approximate surface area is 86.1 Å². The molecule has 0 amide bonds. The predicted octanol–water partition coefficient (Wildman–Crippen LogP) is 3.25. The molecule has 0 spiro atoms. The minimum absolute atomic E-state index is 0.462. The summed E-state index contributed by atoms with van der Waals surface area (Å²) >= 11 is 0. The lowest BCUT2D eigenvalue weighted by Gasteiger charge is -2.11. The third kappa shape index (κ3) is 2.71. The van der Waals surface area contributed by atoms with Crippen molar-refractivity contribution in [3.05, 3.63) is 47.0 Å². The molecule has 1 atom stereocenters. The molecule has 1 N–H and O–H groups in total. The molecule has 0 aromatic heterocycles. The van der Waals surface area contributed by atoms with Crippen LogP contribution in [0.2, 0.25) is 0 Å². The lowest BCUT2D eigenvalue weighted by atomic mass is 9.99. The van der Waals surface area contributed by atoms with Gasteiger partial charge in [-0.3, -0.25) is 0 Å². The van der Waals surface area contributed by atoms with E-state index >= 15 is 0 Å². The van der Waals surface area contributed by atoms with Gasteiger partial charge >= 0.3 is 0 Å². The van der Waals surface area contributed by atoms with E-state index in [1.54, 1.807) is 0 Å². The zero-order valence-electron chi connectivity index (χ0n) is 9.12. The number of aliphatic hydroxyl groups is 1. The quantitative estimate of drug-likeness (QED) is 0.725. The molecule has 0 fully saturated rings. The number of benzene rings is 1. The molecule has 0 heterocycles. The Bertz CT molecular complexity index is 322. The van der Waals surface area contributed by atoms with Gasteiger partial charge in [-0.25, -0.2) is 0 Å². The van der Waals surface area contributed by atoms with E-state index in [-0.39, 0.29) is 0 Å². The van der Waals surface area contributed by atoms with Gasteiger partial charge in [-0.2, -0.15) is 0 Å². The molecule has 0 bridgehead atoms. The summed E-state index contributed by atoms with van der Waals surface area (Å²) in [6.07, 6.45) is 2.38. The van der Waals surface area contributed by atoms with Gasteiger partial charge in [0.15, 0.2) is 0 Å². The summed E-state index contributed by atoms with van der Waals surface area (Å²) < 4.78 is 0. The standard InChI is InChI=1S/C13H18O/c1-4-11-7-5-6-8-12(11)13(14)9-10(2)3/h5-9,13-14H,4H2,1-3H3. The van der Waals surface area contributed by atoms with E-state index in [0.717, 1.165) is 17.6 Å². The molecule has 14 heavy (non-hydrogen) atoms. The summed E-state index contributed by atoms with van der Waals surface area (Å²) in [6.45, 7) is 6.10. The fraction of sp³-hybridized carbons (Fsp3) is 0.385. The number of rotatable bonds is 3. The maximum absolute atomic E-state index is 9.93. The molecule has 0 aliphatic heterocycles. The molecule has 1 nitrogen and oxygen atoms in total. The lowest BCUT2D eigenvalue weighted by Crippen LogP contribution is -1.98. The first kappa shape index (κ1) is 11.0. The van der Waals surface area contributed by atoms with Crippen molar-refractivity contribution >= 4 is 0 Å². The second-order valence-corrected chi connectivity index (χ2v) is 3.74.